The molecule has 1 atom stereocenters. The minimum atomic E-state index is 0.410. The van der Waals surface area contributed by atoms with Gasteiger partial charge in [-0.25, -0.2) is 0 Å². The smallest absolute Gasteiger partial charge is 0.118 e. The minimum absolute atomic E-state index is 0.410. The first kappa shape index (κ1) is 14.6. The molecule has 0 aliphatic heterocycles. The van der Waals surface area contributed by atoms with Crippen LogP contribution < -0.4 is 5.32 Å². The molecule has 0 spiro atoms. The van der Waals surface area contributed by atoms with Gasteiger partial charge in [0.2, 0.25) is 0 Å². The van der Waals surface area contributed by atoms with Crippen LogP contribution in [0.4, 0.5) is 0 Å². The van der Waals surface area contributed by atoms with Crippen LogP contribution in [0.3, 0.4) is 0 Å². The van der Waals surface area contributed by atoms with Gasteiger partial charge in [0.15, 0.2) is 0 Å². The summed E-state index contributed by atoms with van der Waals surface area (Å²) in [6.07, 6.45) is 4.52. The van der Waals surface area contributed by atoms with E-state index in [-0.39, 0.29) is 0 Å². The first-order valence-corrected chi connectivity index (χ1v) is 7.25. The molecular formula is C15H26N2O2. The summed E-state index contributed by atoms with van der Waals surface area (Å²) in [6, 6.07) is 3.32. The van der Waals surface area contributed by atoms with Crippen LogP contribution in [0.25, 0.3) is 0 Å². The van der Waals surface area contributed by atoms with E-state index in [4.69, 9.17) is 9.15 Å². The topological polar surface area (TPSA) is 37.6 Å². The number of ether oxygens (including phenoxy) is 1. The lowest BCUT2D eigenvalue weighted by atomic mass is 10.2. The van der Waals surface area contributed by atoms with Gasteiger partial charge in [0, 0.05) is 31.3 Å². The molecule has 1 aromatic rings. The first-order valence-electron chi connectivity index (χ1n) is 7.25. The second-order valence-electron chi connectivity index (χ2n) is 5.44. The fraction of sp³-hybridized carbons (Fsp3) is 0.733. The summed E-state index contributed by atoms with van der Waals surface area (Å²) in [5.41, 5.74) is 1.25. The van der Waals surface area contributed by atoms with E-state index in [2.05, 4.69) is 30.1 Å². The summed E-state index contributed by atoms with van der Waals surface area (Å²) in [6.45, 7) is 7.89. The van der Waals surface area contributed by atoms with E-state index in [1.54, 1.807) is 7.11 Å². The Morgan fingerprint density at radius 1 is 1.53 bits per heavy atom. The number of nitrogens with one attached hydrogen (secondary N) is 1. The Bertz CT molecular complexity index is 374. The summed E-state index contributed by atoms with van der Waals surface area (Å²) < 4.78 is 10.9. The standard InChI is InChI=1S/C15H26N2O2/c1-4-17(12(2)10-18-3)9-15-7-13(11-19-15)8-16-14-5-6-14/h7,11-12,14,16H,4-6,8-10H2,1-3H3. The minimum Gasteiger partial charge on any atom is -0.468 e. The summed E-state index contributed by atoms with van der Waals surface area (Å²) in [5, 5.41) is 3.50. The lowest BCUT2D eigenvalue weighted by molar-refractivity contribution is 0.0936. The van der Waals surface area contributed by atoms with Crippen molar-refractivity contribution in [2.45, 2.75) is 51.9 Å². The molecule has 4 heteroatoms. The third kappa shape index (κ3) is 4.64. The molecule has 0 aromatic carbocycles. The number of methoxy groups -OCH3 is 1. The van der Waals surface area contributed by atoms with Gasteiger partial charge in [-0.15, -0.1) is 0 Å². The van der Waals surface area contributed by atoms with Crippen molar-refractivity contribution in [3.8, 4) is 0 Å². The van der Waals surface area contributed by atoms with E-state index >= 15 is 0 Å². The van der Waals surface area contributed by atoms with E-state index in [9.17, 15) is 0 Å². The van der Waals surface area contributed by atoms with E-state index < -0.39 is 0 Å². The van der Waals surface area contributed by atoms with E-state index in [0.717, 1.165) is 38.0 Å². The van der Waals surface area contributed by atoms with Gasteiger partial charge in [0.1, 0.15) is 5.76 Å². The van der Waals surface area contributed by atoms with Crippen molar-refractivity contribution in [1.29, 1.82) is 0 Å². The Morgan fingerprint density at radius 3 is 2.95 bits per heavy atom. The second kappa shape index (κ2) is 7.08. The summed E-state index contributed by atoms with van der Waals surface area (Å²) in [7, 11) is 1.75. The zero-order valence-corrected chi connectivity index (χ0v) is 12.3. The lowest BCUT2D eigenvalue weighted by Gasteiger charge is -2.26. The SMILES string of the molecule is CCN(Cc1cc(CNC2CC2)co1)C(C)COC. The predicted octanol–water partition coefficient (Wildman–Crippen LogP) is 2.39. The van der Waals surface area contributed by atoms with Crippen LogP contribution in [0.2, 0.25) is 0 Å². The number of hydrogen-bond acceptors (Lipinski definition) is 4. The Hall–Kier alpha value is -0.840. The van der Waals surface area contributed by atoms with E-state index in [1.807, 2.05) is 6.26 Å². The maximum atomic E-state index is 5.66. The fourth-order valence-corrected chi connectivity index (χ4v) is 2.28. The van der Waals surface area contributed by atoms with Crippen molar-refractivity contribution in [2.24, 2.45) is 0 Å². The molecule has 1 N–H and O–H groups in total. The first-order chi connectivity index (χ1) is 9.22. The summed E-state index contributed by atoms with van der Waals surface area (Å²) in [4.78, 5) is 2.36. The molecule has 1 aromatic heterocycles. The number of rotatable bonds is 9. The van der Waals surface area contributed by atoms with Gasteiger partial charge in [-0.2, -0.15) is 0 Å². The zero-order valence-electron chi connectivity index (χ0n) is 12.3. The number of hydrogen-bond donors (Lipinski definition) is 1. The molecule has 0 saturated heterocycles. The van der Waals surface area contributed by atoms with Gasteiger partial charge in [0.05, 0.1) is 19.4 Å². The maximum Gasteiger partial charge on any atom is 0.118 e. The maximum absolute atomic E-state index is 5.66. The molecule has 108 valence electrons. The molecule has 4 nitrogen and oxygen atoms in total. The van der Waals surface area contributed by atoms with Crippen LogP contribution in [0, 0.1) is 0 Å². The van der Waals surface area contributed by atoms with Crippen LogP contribution in [0.15, 0.2) is 16.7 Å². The van der Waals surface area contributed by atoms with Crippen molar-refractivity contribution in [1.82, 2.24) is 10.2 Å². The van der Waals surface area contributed by atoms with Crippen LogP contribution in [-0.2, 0) is 17.8 Å². The molecule has 0 amide bonds. The molecule has 1 fully saturated rings. The monoisotopic (exact) mass is 266 g/mol. The van der Waals surface area contributed by atoms with Crippen molar-refractivity contribution < 1.29 is 9.15 Å². The Balaban J connectivity index is 1.82. The zero-order chi connectivity index (χ0) is 13.7. The highest BCUT2D eigenvalue weighted by atomic mass is 16.5. The molecule has 19 heavy (non-hydrogen) atoms. The average molecular weight is 266 g/mol. The largest absolute Gasteiger partial charge is 0.468 e. The van der Waals surface area contributed by atoms with Gasteiger partial charge < -0.3 is 14.5 Å². The highest BCUT2D eigenvalue weighted by molar-refractivity contribution is 5.13. The third-order valence-electron chi connectivity index (χ3n) is 3.68. The van der Waals surface area contributed by atoms with Crippen LogP contribution in [-0.4, -0.2) is 37.2 Å². The molecule has 1 unspecified atom stereocenters. The molecule has 0 bridgehead atoms. The highest BCUT2D eigenvalue weighted by Crippen LogP contribution is 2.20. The predicted molar refractivity (Wildman–Crippen MR) is 76.0 cm³/mol. The normalized spacial score (nSPS) is 17.1. The van der Waals surface area contributed by atoms with Crippen molar-refractivity contribution in [3.63, 3.8) is 0 Å². The molecule has 0 radical (unpaired) electrons. The Kier molecular flexibility index (Phi) is 5.43. The van der Waals surface area contributed by atoms with Crippen molar-refractivity contribution in [2.75, 3.05) is 20.3 Å². The summed E-state index contributed by atoms with van der Waals surface area (Å²) >= 11 is 0. The number of nitrogens with zero attached hydrogens (tertiary/aromatic N) is 1. The van der Waals surface area contributed by atoms with Crippen LogP contribution in [0.1, 0.15) is 38.0 Å². The van der Waals surface area contributed by atoms with Gasteiger partial charge in [-0.05, 0) is 32.4 Å². The molecule has 1 saturated carbocycles. The third-order valence-corrected chi connectivity index (χ3v) is 3.68. The van der Waals surface area contributed by atoms with Crippen molar-refractivity contribution in [3.05, 3.63) is 23.7 Å². The van der Waals surface area contributed by atoms with Crippen molar-refractivity contribution >= 4 is 0 Å². The van der Waals surface area contributed by atoms with Gasteiger partial charge in [-0.3, -0.25) is 4.90 Å². The fourth-order valence-electron chi connectivity index (χ4n) is 2.28. The quantitative estimate of drug-likeness (QED) is 0.745. The molecule has 1 aliphatic rings. The van der Waals surface area contributed by atoms with E-state index in [1.165, 1.54) is 18.4 Å². The molecule has 1 aliphatic carbocycles. The molecular weight excluding hydrogens is 240 g/mol. The Labute approximate surface area is 116 Å². The van der Waals surface area contributed by atoms with E-state index in [0.29, 0.717) is 6.04 Å². The molecule has 2 rings (SSSR count). The summed E-state index contributed by atoms with van der Waals surface area (Å²) in [5.74, 6) is 1.04. The van der Waals surface area contributed by atoms with Crippen LogP contribution >= 0.6 is 0 Å². The highest BCUT2D eigenvalue weighted by Gasteiger charge is 2.20. The van der Waals surface area contributed by atoms with Gasteiger partial charge in [-0.1, -0.05) is 6.92 Å². The Morgan fingerprint density at radius 2 is 2.32 bits per heavy atom. The number of likely N-dealkylation sites (N-methyl/N-ethyl adjacent to an activating group) is 1. The number of furan rings is 1. The lowest BCUT2D eigenvalue weighted by Crippen LogP contribution is -2.35. The van der Waals surface area contributed by atoms with Crippen LogP contribution in [0.5, 0.6) is 0 Å². The van der Waals surface area contributed by atoms with Gasteiger partial charge >= 0.3 is 0 Å². The molecule has 1 heterocycles. The average Bonchev–Trinajstić information content (AvgIpc) is 3.13. The van der Waals surface area contributed by atoms with Gasteiger partial charge in [0.25, 0.3) is 0 Å². The second-order valence-corrected chi connectivity index (χ2v) is 5.44.